The summed E-state index contributed by atoms with van der Waals surface area (Å²) in [5, 5.41) is 8.13. The zero-order valence-corrected chi connectivity index (χ0v) is 14.0. The highest BCUT2D eigenvalue weighted by molar-refractivity contribution is 8.00. The summed E-state index contributed by atoms with van der Waals surface area (Å²) in [5.74, 6) is -1.01. The number of aliphatic carboxylic acids is 1. The number of rotatable bonds is 7. The van der Waals surface area contributed by atoms with Crippen molar-refractivity contribution in [1.29, 1.82) is 0 Å². The lowest BCUT2D eigenvalue weighted by Gasteiger charge is -2.18. The van der Waals surface area contributed by atoms with Crippen LogP contribution in [0.25, 0.3) is 0 Å². The third-order valence-electron chi connectivity index (χ3n) is 3.53. The molecule has 0 spiro atoms. The number of methoxy groups -OCH3 is 2. The molecule has 1 aromatic rings. The molecule has 1 saturated heterocycles. The maximum Gasteiger partial charge on any atom is 0.321 e. The normalized spacial score (nSPS) is 18.6. The second kappa shape index (κ2) is 7.54. The fourth-order valence-electron chi connectivity index (χ4n) is 2.25. The van der Waals surface area contributed by atoms with E-state index in [-0.39, 0.29) is 18.1 Å². The van der Waals surface area contributed by atoms with Gasteiger partial charge in [-0.2, -0.15) is 0 Å². The van der Waals surface area contributed by atoms with Crippen molar-refractivity contribution in [2.75, 3.05) is 24.9 Å². The largest absolute Gasteiger partial charge is 0.497 e. The number of hydrogen-bond acceptors (Lipinski definition) is 7. The Hall–Kier alpha value is -2.26. The molecule has 0 aromatic heterocycles. The quantitative estimate of drug-likeness (QED) is 0.679. The van der Waals surface area contributed by atoms with Gasteiger partial charge in [0.05, 0.1) is 25.2 Å². The standard InChI is InChI=1S/C15H18N2O6S/c1-22-8-3-4-10(11(5-8)23-2)17-13(18)6-12(14(17)19)24-7-9(16)15(20)21/h3-5,9,12H,6-7,16H2,1-2H3,(H,20,21)/t9-,12+/m1/s1. The van der Waals surface area contributed by atoms with Crippen molar-refractivity contribution in [3.05, 3.63) is 18.2 Å². The highest BCUT2D eigenvalue weighted by Gasteiger charge is 2.41. The minimum absolute atomic E-state index is 0.00891. The summed E-state index contributed by atoms with van der Waals surface area (Å²) in [4.78, 5) is 36.6. The Morgan fingerprint density at radius 2 is 2.12 bits per heavy atom. The number of ether oxygens (including phenoxy) is 2. The topological polar surface area (TPSA) is 119 Å². The number of amides is 2. The van der Waals surface area contributed by atoms with Gasteiger partial charge >= 0.3 is 5.97 Å². The number of nitrogens with two attached hydrogens (primary N) is 1. The van der Waals surface area contributed by atoms with Crippen LogP contribution in [0.15, 0.2) is 18.2 Å². The predicted octanol–water partition coefficient (Wildman–Crippen LogP) is 0.481. The number of carboxylic acids is 1. The lowest BCUT2D eigenvalue weighted by molar-refractivity contribution is -0.138. The molecule has 0 radical (unpaired) electrons. The molecular formula is C15H18N2O6S. The van der Waals surface area contributed by atoms with E-state index in [1.54, 1.807) is 18.2 Å². The first-order valence-corrected chi connectivity index (χ1v) is 8.12. The Bertz CT molecular complexity index is 665. The van der Waals surface area contributed by atoms with E-state index in [1.807, 2.05) is 0 Å². The fourth-order valence-corrected chi connectivity index (χ4v) is 3.34. The van der Waals surface area contributed by atoms with Gasteiger partial charge in [0.1, 0.15) is 17.5 Å². The number of imide groups is 1. The van der Waals surface area contributed by atoms with Crippen molar-refractivity contribution < 1.29 is 29.0 Å². The molecule has 24 heavy (non-hydrogen) atoms. The van der Waals surface area contributed by atoms with E-state index < -0.39 is 23.2 Å². The molecule has 3 N–H and O–H groups in total. The van der Waals surface area contributed by atoms with Gasteiger partial charge in [-0.15, -0.1) is 11.8 Å². The van der Waals surface area contributed by atoms with Crippen molar-refractivity contribution in [3.63, 3.8) is 0 Å². The van der Waals surface area contributed by atoms with E-state index in [2.05, 4.69) is 0 Å². The van der Waals surface area contributed by atoms with Crippen molar-refractivity contribution in [3.8, 4) is 11.5 Å². The van der Waals surface area contributed by atoms with Gasteiger partial charge < -0.3 is 20.3 Å². The molecule has 8 nitrogen and oxygen atoms in total. The smallest absolute Gasteiger partial charge is 0.321 e. The van der Waals surface area contributed by atoms with Crippen LogP contribution in [-0.2, 0) is 14.4 Å². The molecule has 1 aliphatic heterocycles. The average molecular weight is 354 g/mol. The molecule has 0 aliphatic carbocycles. The van der Waals surface area contributed by atoms with Crippen molar-refractivity contribution in [2.45, 2.75) is 17.7 Å². The van der Waals surface area contributed by atoms with Gasteiger partial charge in [0.15, 0.2) is 0 Å². The SMILES string of the molecule is COc1ccc(N2C(=O)C[C@H](SC[C@@H](N)C(=O)O)C2=O)c(OC)c1. The van der Waals surface area contributed by atoms with E-state index >= 15 is 0 Å². The molecule has 1 aromatic carbocycles. The number of benzene rings is 1. The van der Waals surface area contributed by atoms with Gasteiger partial charge in [-0.25, -0.2) is 4.90 Å². The zero-order chi connectivity index (χ0) is 17.9. The number of hydrogen-bond donors (Lipinski definition) is 2. The Labute approximate surface area is 142 Å². The number of nitrogens with zero attached hydrogens (tertiary/aromatic N) is 1. The van der Waals surface area contributed by atoms with Crippen molar-refractivity contribution >= 4 is 35.2 Å². The predicted molar refractivity (Wildman–Crippen MR) is 88.5 cm³/mol. The zero-order valence-electron chi connectivity index (χ0n) is 13.2. The van der Waals surface area contributed by atoms with Crippen LogP contribution in [0.4, 0.5) is 5.69 Å². The molecule has 0 saturated carbocycles. The molecule has 130 valence electrons. The Kier molecular flexibility index (Phi) is 5.68. The number of carbonyl (C=O) groups excluding carboxylic acids is 2. The second-order valence-corrected chi connectivity index (χ2v) is 6.31. The summed E-state index contributed by atoms with van der Waals surface area (Å²) in [5.41, 5.74) is 5.77. The molecule has 0 unspecified atom stereocenters. The van der Waals surface area contributed by atoms with Gasteiger partial charge in [0, 0.05) is 18.2 Å². The summed E-state index contributed by atoms with van der Waals surface area (Å²) in [6.45, 7) is 0. The summed E-state index contributed by atoms with van der Waals surface area (Å²) in [6.07, 6.45) is -0.00891. The first kappa shape index (κ1) is 18.1. The van der Waals surface area contributed by atoms with Crippen LogP contribution < -0.4 is 20.1 Å². The van der Waals surface area contributed by atoms with Crippen LogP contribution in [0.1, 0.15) is 6.42 Å². The van der Waals surface area contributed by atoms with E-state index in [9.17, 15) is 14.4 Å². The Morgan fingerprint density at radius 1 is 1.42 bits per heavy atom. The number of thioether (sulfide) groups is 1. The van der Waals surface area contributed by atoms with Crippen LogP contribution in [0.2, 0.25) is 0 Å². The summed E-state index contributed by atoms with van der Waals surface area (Å²) in [7, 11) is 2.93. The number of carbonyl (C=O) groups is 3. The maximum absolute atomic E-state index is 12.5. The molecule has 2 amide bonds. The minimum Gasteiger partial charge on any atom is -0.497 e. The Balaban J connectivity index is 2.19. The molecule has 1 fully saturated rings. The van der Waals surface area contributed by atoms with Crippen LogP contribution >= 0.6 is 11.8 Å². The van der Waals surface area contributed by atoms with Gasteiger partial charge in [-0.1, -0.05) is 0 Å². The second-order valence-electron chi connectivity index (χ2n) is 5.08. The molecule has 9 heteroatoms. The summed E-state index contributed by atoms with van der Waals surface area (Å²) < 4.78 is 10.3. The monoisotopic (exact) mass is 354 g/mol. The van der Waals surface area contributed by atoms with Crippen LogP contribution in [0.3, 0.4) is 0 Å². The fraction of sp³-hybridized carbons (Fsp3) is 0.400. The number of carboxylic acid groups (broad SMARTS) is 1. The molecule has 2 rings (SSSR count). The van der Waals surface area contributed by atoms with Crippen LogP contribution in [0.5, 0.6) is 11.5 Å². The minimum atomic E-state index is -1.15. The first-order valence-electron chi connectivity index (χ1n) is 7.07. The van der Waals surface area contributed by atoms with E-state index in [0.29, 0.717) is 17.2 Å². The molecule has 1 heterocycles. The lowest BCUT2D eigenvalue weighted by Crippen LogP contribution is -2.35. The Morgan fingerprint density at radius 3 is 2.71 bits per heavy atom. The average Bonchev–Trinajstić information content (AvgIpc) is 2.85. The van der Waals surface area contributed by atoms with Crippen LogP contribution in [0, 0.1) is 0 Å². The lowest BCUT2D eigenvalue weighted by atomic mass is 10.2. The van der Waals surface area contributed by atoms with Crippen molar-refractivity contribution in [1.82, 2.24) is 0 Å². The molecule has 0 bridgehead atoms. The highest BCUT2D eigenvalue weighted by atomic mass is 32.2. The van der Waals surface area contributed by atoms with E-state index in [1.165, 1.54) is 14.2 Å². The summed E-state index contributed by atoms with van der Waals surface area (Å²) >= 11 is 1.07. The van der Waals surface area contributed by atoms with Gasteiger partial charge in [0.2, 0.25) is 11.8 Å². The molecular weight excluding hydrogens is 336 g/mol. The third kappa shape index (κ3) is 3.62. The summed E-state index contributed by atoms with van der Waals surface area (Å²) in [6, 6.07) is 3.70. The molecule has 2 atom stereocenters. The van der Waals surface area contributed by atoms with E-state index in [4.69, 9.17) is 20.3 Å². The van der Waals surface area contributed by atoms with Gasteiger partial charge in [0.25, 0.3) is 0 Å². The van der Waals surface area contributed by atoms with Gasteiger partial charge in [-0.05, 0) is 12.1 Å². The van der Waals surface area contributed by atoms with Crippen LogP contribution in [-0.4, -0.2) is 54.2 Å². The van der Waals surface area contributed by atoms with Gasteiger partial charge in [-0.3, -0.25) is 14.4 Å². The third-order valence-corrected chi connectivity index (χ3v) is 4.85. The van der Waals surface area contributed by atoms with E-state index in [0.717, 1.165) is 16.7 Å². The maximum atomic E-state index is 12.5. The van der Waals surface area contributed by atoms with Crippen molar-refractivity contribution in [2.24, 2.45) is 5.73 Å². The first-order chi connectivity index (χ1) is 11.4. The number of anilines is 1. The molecule has 1 aliphatic rings. The highest BCUT2D eigenvalue weighted by Crippen LogP contribution is 2.37.